The first-order chi connectivity index (χ1) is 30.8. The van der Waals surface area contributed by atoms with E-state index >= 15 is 0 Å². The minimum absolute atomic E-state index is 0. The van der Waals surface area contributed by atoms with E-state index in [4.69, 9.17) is 9.15 Å². The summed E-state index contributed by atoms with van der Waals surface area (Å²) in [6.07, 6.45) is 10.7. The number of rotatable bonds is 5. The fraction of sp³-hybridized carbons (Fsp3) is 0.185. The summed E-state index contributed by atoms with van der Waals surface area (Å²) in [4.78, 5) is 0. The topological polar surface area (TPSA) is 23.5 Å². The lowest BCUT2D eigenvalue weighted by molar-refractivity contribution is -0.395. The summed E-state index contributed by atoms with van der Waals surface area (Å²) in [7, 11) is -5.25. The van der Waals surface area contributed by atoms with Crippen molar-refractivity contribution in [1.82, 2.24) is 0 Å². The highest BCUT2D eigenvalue weighted by atomic mass is 19.4. The van der Waals surface area contributed by atoms with Gasteiger partial charge in [0.05, 0.1) is 29.7 Å². The van der Waals surface area contributed by atoms with Crippen LogP contribution in [0.4, 0.5) is 31.6 Å². The van der Waals surface area contributed by atoms with Crippen molar-refractivity contribution in [2.75, 3.05) is 7.05 Å². The summed E-state index contributed by atoms with van der Waals surface area (Å²) >= 11 is 0. The Morgan fingerprint density at radius 3 is 1.51 bits per heavy atom. The third-order valence-electron chi connectivity index (χ3n) is 11.3. The summed E-state index contributed by atoms with van der Waals surface area (Å²) in [5.74, 6) is 3.54. The van der Waals surface area contributed by atoms with Gasteiger partial charge >= 0.3 is 26.6 Å². The van der Waals surface area contributed by atoms with Crippen molar-refractivity contribution >= 4 is 43.9 Å². The van der Waals surface area contributed by atoms with Gasteiger partial charge in [-0.2, -0.15) is 0 Å². The van der Waals surface area contributed by atoms with Crippen molar-refractivity contribution in [3.8, 4) is 22.5 Å². The highest BCUT2D eigenvalue weighted by Gasteiger charge is 2.22. The lowest BCUT2D eigenvalue weighted by Crippen LogP contribution is -3.00. The predicted octanol–water partition coefficient (Wildman–Crippen LogP) is 9.91. The Labute approximate surface area is 389 Å². The summed E-state index contributed by atoms with van der Waals surface area (Å²) < 4.78 is 72.6. The number of benzene rings is 5. The minimum atomic E-state index is -3.67. The van der Waals surface area contributed by atoms with Crippen LogP contribution in [0, 0.1) is 62.3 Å². The molecule has 67 heavy (non-hydrogen) atoms. The van der Waals surface area contributed by atoms with Gasteiger partial charge in [0.15, 0.2) is 6.21 Å². The van der Waals surface area contributed by atoms with Crippen LogP contribution in [0.3, 0.4) is 0 Å². The molecule has 8 rings (SSSR count). The number of hydrogen-bond donors (Lipinski definition) is 0. The van der Waals surface area contributed by atoms with Crippen LogP contribution in [0.15, 0.2) is 144 Å². The Kier molecular flexibility index (Phi) is 20.1. The number of halogens is 8. The molecule has 0 spiro atoms. The van der Waals surface area contributed by atoms with E-state index in [2.05, 4.69) is 207 Å². The summed E-state index contributed by atoms with van der Waals surface area (Å²) in [5, 5.41) is 0. The smallest absolute Gasteiger partial charge is 0.762 e. The molecule has 0 amide bonds. The average Bonchev–Trinajstić information content (AvgIpc) is 3.58. The molecule has 3 nitrogen and oxygen atoms in total. The van der Waals surface area contributed by atoms with E-state index in [-0.39, 0.29) is 9.41 Å². The third kappa shape index (κ3) is 15.1. The molecule has 2 aliphatic heterocycles. The van der Waals surface area contributed by atoms with Crippen molar-refractivity contribution in [3.63, 3.8) is 0 Å². The minimum Gasteiger partial charge on any atom is -1.00 e. The number of hydrogen-bond acceptors (Lipinski definition) is 1. The molecule has 0 aliphatic carbocycles. The molecule has 6 aromatic rings. The van der Waals surface area contributed by atoms with Gasteiger partial charge < -0.3 is 14.1 Å². The first kappa shape index (κ1) is 54.6. The monoisotopic (exact) mass is 921 g/mol. The maximum atomic E-state index is 9.67. The number of para-hydroxylation sites is 1. The molecular formula is C54H53B2F8NO2. The van der Waals surface area contributed by atoms with Crippen LogP contribution in [-0.2, 0) is 4.74 Å². The quantitative estimate of drug-likeness (QED) is 0.0745. The molecule has 0 bridgehead atoms. The zero-order chi connectivity index (χ0) is 47.5. The average molecular weight is 922 g/mol. The maximum Gasteiger partial charge on any atom is 0.762 e. The standard InChI is InChI=1S/C32H30NO.C22H23O.2BF3.2FH/c1-21-10-12-25(16-23(21)3)28-18-29(34-32(19-28)26-13-11-22(2)24(4)17-26)15-14-27-20-33(5)31-9-7-6-8-30(27)31;1-14-6-8-19(10-16(14)3)21-12-18(5)23-22(13-21)20-9-7-15(2)17(4)11-20;2*2-1(3)4;;/h6-20H,1-5H3;6-13H,1-5H3;;;2*1H/q2*+1;;;;/p-2. The fourth-order valence-electron chi connectivity index (χ4n) is 7.17. The summed E-state index contributed by atoms with van der Waals surface area (Å²) in [6.45, 7) is 19.2. The molecule has 0 atom stereocenters. The Bertz CT molecular complexity index is 2770. The van der Waals surface area contributed by atoms with E-state index in [1.54, 1.807) is 0 Å². The van der Waals surface area contributed by atoms with Gasteiger partial charge in [-0.1, -0.05) is 66.7 Å². The molecule has 348 valence electrons. The van der Waals surface area contributed by atoms with E-state index < -0.39 is 15.1 Å². The van der Waals surface area contributed by atoms with Gasteiger partial charge in [-0.05, 0) is 165 Å². The number of nitrogens with zero attached hydrogens (tertiary/aromatic N) is 1. The lowest BCUT2D eigenvalue weighted by atomic mass is 9.96. The first-order valence-electron chi connectivity index (χ1n) is 21.1. The van der Waals surface area contributed by atoms with Crippen LogP contribution in [-0.4, -0.2) is 32.9 Å². The van der Waals surface area contributed by atoms with Gasteiger partial charge in [0.25, 0.3) is 0 Å². The number of fused-ring (bicyclic) bond motifs is 1. The third-order valence-corrected chi connectivity index (χ3v) is 11.3. The van der Waals surface area contributed by atoms with E-state index in [0.29, 0.717) is 0 Å². The van der Waals surface area contributed by atoms with Crippen LogP contribution in [0.1, 0.15) is 67.0 Å². The van der Waals surface area contributed by atoms with Crippen LogP contribution in [0.25, 0.3) is 39.4 Å². The van der Waals surface area contributed by atoms with Gasteiger partial charge in [-0.3, -0.25) is 25.9 Å². The molecule has 1 aromatic heterocycles. The summed E-state index contributed by atoms with van der Waals surface area (Å²) in [6, 6.07) is 39.0. The van der Waals surface area contributed by atoms with Gasteiger partial charge in [0, 0.05) is 23.3 Å². The van der Waals surface area contributed by atoms with Crippen molar-refractivity contribution in [1.29, 1.82) is 0 Å². The van der Waals surface area contributed by atoms with Gasteiger partial charge in [-0.15, -0.1) is 0 Å². The second kappa shape index (κ2) is 24.7. The van der Waals surface area contributed by atoms with Crippen molar-refractivity contribution in [3.05, 3.63) is 206 Å². The normalized spacial score (nSPS) is 13.3. The first-order valence-corrected chi connectivity index (χ1v) is 21.1. The van der Waals surface area contributed by atoms with Crippen molar-refractivity contribution < 1.29 is 49.0 Å². The van der Waals surface area contributed by atoms with Crippen molar-refractivity contribution in [2.24, 2.45) is 0 Å². The summed E-state index contributed by atoms with van der Waals surface area (Å²) in [5.41, 5.74) is 21.0. The lowest BCUT2D eigenvalue weighted by Gasteiger charge is -2.19. The van der Waals surface area contributed by atoms with Gasteiger partial charge in [-0.25, -0.2) is 8.99 Å². The molecule has 2 aliphatic rings. The molecular weight excluding hydrogens is 868 g/mol. The SMILES string of the molecule is Cc1cc(-c2ccc(C)c(C)c2)cc(-c2ccc(C)c(C)c2)[o+]1.Cc1ccc(C2=CC(=CC=C3C=[N+](C)c4ccccc43)OC(c3ccc(C)c(C)c3)=C2)cc1C.FB(F)F.FB(F)F.[F-].[F-]. The Hall–Kier alpha value is -6.75. The van der Waals surface area contributed by atoms with E-state index in [9.17, 15) is 25.9 Å². The second-order valence-corrected chi connectivity index (χ2v) is 16.2. The number of aryl methyl sites for hydroxylation is 9. The maximum absolute atomic E-state index is 9.67. The zero-order valence-corrected chi connectivity index (χ0v) is 39.2. The number of allylic oxidation sites excluding steroid dienone is 6. The molecule has 3 heterocycles. The van der Waals surface area contributed by atoms with Crippen LogP contribution in [0.2, 0.25) is 0 Å². The van der Waals surface area contributed by atoms with Crippen LogP contribution in [0.5, 0.6) is 0 Å². The Morgan fingerprint density at radius 2 is 0.955 bits per heavy atom. The molecule has 0 radical (unpaired) electrons. The fourth-order valence-corrected chi connectivity index (χ4v) is 7.17. The highest BCUT2D eigenvalue weighted by Crippen LogP contribution is 2.35. The largest absolute Gasteiger partial charge is 1.00 e. The molecule has 5 aromatic carbocycles. The highest BCUT2D eigenvalue weighted by molar-refractivity contribution is 6.33. The van der Waals surface area contributed by atoms with Gasteiger partial charge in [0.2, 0.25) is 5.69 Å². The van der Waals surface area contributed by atoms with Gasteiger partial charge in [0.1, 0.15) is 18.6 Å². The molecule has 0 saturated carbocycles. The zero-order valence-electron chi connectivity index (χ0n) is 39.2. The van der Waals surface area contributed by atoms with Crippen LogP contribution < -0.4 is 9.41 Å². The van der Waals surface area contributed by atoms with E-state index in [1.165, 1.54) is 78.0 Å². The molecule has 0 N–H and O–H groups in total. The molecule has 0 saturated heterocycles. The second-order valence-electron chi connectivity index (χ2n) is 16.2. The molecule has 13 heteroatoms. The molecule has 0 fully saturated rings. The van der Waals surface area contributed by atoms with E-state index in [1.807, 2.05) is 6.92 Å². The van der Waals surface area contributed by atoms with E-state index in [0.717, 1.165) is 39.7 Å². The Morgan fingerprint density at radius 1 is 0.493 bits per heavy atom. The van der Waals surface area contributed by atoms with Crippen LogP contribution >= 0.6 is 0 Å². The predicted molar refractivity (Wildman–Crippen MR) is 259 cm³/mol. The Balaban J connectivity index is 0.000000313. The molecule has 0 unspecified atom stereocenters. The number of ether oxygens (including phenoxy) is 1. The van der Waals surface area contributed by atoms with Crippen molar-refractivity contribution in [2.45, 2.75) is 62.3 Å².